The third kappa shape index (κ3) is 7.09. The van der Waals surface area contributed by atoms with Crippen molar-refractivity contribution in [2.24, 2.45) is 16.8 Å². The van der Waals surface area contributed by atoms with Crippen LogP contribution in [0.4, 0.5) is 13.2 Å². The molecule has 4 nitrogen and oxygen atoms in total. The van der Waals surface area contributed by atoms with Crippen LogP contribution in [-0.4, -0.2) is 68.3 Å². The van der Waals surface area contributed by atoms with Gasteiger partial charge in [0.2, 0.25) is 0 Å². The smallest absolute Gasteiger partial charge is 0.356 e. The van der Waals surface area contributed by atoms with E-state index in [0.717, 1.165) is 38.3 Å². The Morgan fingerprint density at radius 3 is 2.50 bits per heavy atom. The number of halogens is 4. The van der Waals surface area contributed by atoms with Crippen LogP contribution in [0.15, 0.2) is 35.3 Å². The number of benzene rings is 1. The Morgan fingerprint density at radius 1 is 1.11 bits per heavy atom. The summed E-state index contributed by atoms with van der Waals surface area (Å²) in [5, 5.41) is 3.39. The van der Waals surface area contributed by atoms with Gasteiger partial charge < -0.3 is 10.2 Å². The molecule has 0 spiro atoms. The molecule has 1 N–H and O–H groups in total. The highest BCUT2D eigenvalue weighted by Crippen LogP contribution is 2.23. The van der Waals surface area contributed by atoms with Gasteiger partial charge in [0.05, 0.1) is 6.54 Å². The van der Waals surface area contributed by atoms with Crippen LogP contribution in [0.5, 0.6) is 0 Å². The summed E-state index contributed by atoms with van der Waals surface area (Å²) in [6, 6.07) is 10.5. The van der Waals surface area contributed by atoms with E-state index in [4.69, 9.17) is 0 Å². The van der Waals surface area contributed by atoms with Crippen LogP contribution in [0.3, 0.4) is 0 Å². The molecule has 1 aromatic rings. The Balaban J connectivity index is 0.00000280. The SMILES string of the molecule is CN=C(NCC1CCN(CC(F)(F)F)C1)N1CCC(Cc2ccccc2)C1.I. The quantitative estimate of drug-likeness (QED) is 0.373. The Morgan fingerprint density at radius 2 is 1.82 bits per heavy atom. The van der Waals surface area contributed by atoms with E-state index in [1.807, 2.05) is 6.07 Å². The lowest BCUT2D eigenvalue weighted by Crippen LogP contribution is -2.42. The number of aliphatic imine (C=N–C) groups is 1. The van der Waals surface area contributed by atoms with Gasteiger partial charge in [-0.2, -0.15) is 13.2 Å². The van der Waals surface area contributed by atoms with Crippen molar-refractivity contribution in [2.45, 2.75) is 25.4 Å². The minimum Gasteiger partial charge on any atom is -0.356 e. The molecule has 28 heavy (non-hydrogen) atoms. The highest BCUT2D eigenvalue weighted by molar-refractivity contribution is 14.0. The minimum absolute atomic E-state index is 0. The van der Waals surface area contributed by atoms with Gasteiger partial charge in [0.25, 0.3) is 0 Å². The van der Waals surface area contributed by atoms with Gasteiger partial charge in [0.1, 0.15) is 0 Å². The van der Waals surface area contributed by atoms with E-state index in [2.05, 4.69) is 39.5 Å². The fourth-order valence-corrected chi connectivity index (χ4v) is 4.18. The van der Waals surface area contributed by atoms with E-state index < -0.39 is 12.7 Å². The van der Waals surface area contributed by atoms with E-state index in [1.54, 1.807) is 7.05 Å². The van der Waals surface area contributed by atoms with Crippen molar-refractivity contribution in [2.75, 3.05) is 46.3 Å². The first-order chi connectivity index (χ1) is 12.9. The normalized spacial score (nSPS) is 23.7. The second-order valence-corrected chi connectivity index (χ2v) is 7.72. The van der Waals surface area contributed by atoms with Crippen molar-refractivity contribution < 1.29 is 13.2 Å². The van der Waals surface area contributed by atoms with Crippen LogP contribution in [0.25, 0.3) is 0 Å². The maximum atomic E-state index is 12.5. The topological polar surface area (TPSA) is 30.9 Å². The molecule has 2 atom stereocenters. The Kier molecular flexibility index (Phi) is 8.85. The molecule has 8 heteroatoms. The zero-order valence-electron chi connectivity index (χ0n) is 16.3. The first kappa shape index (κ1) is 23.3. The summed E-state index contributed by atoms with van der Waals surface area (Å²) in [5.74, 6) is 1.73. The maximum Gasteiger partial charge on any atom is 0.401 e. The fraction of sp³-hybridized carbons (Fsp3) is 0.650. The van der Waals surface area contributed by atoms with Crippen molar-refractivity contribution in [3.63, 3.8) is 0 Å². The molecule has 158 valence electrons. The van der Waals surface area contributed by atoms with Gasteiger partial charge in [-0.3, -0.25) is 9.89 Å². The Bertz CT molecular complexity index is 624. The first-order valence-electron chi connectivity index (χ1n) is 9.71. The third-order valence-electron chi connectivity index (χ3n) is 5.49. The largest absolute Gasteiger partial charge is 0.401 e. The average molecular weight is 510 g/mol. The maximum absolute atomic E-state index is 12.5. The van der Waals surface area contributed by atoms with Gasteiger partial charge in [-0.25, -0.2) is 0 Å². The molecule has 2 aliphatic rings. The van der Waals surface area contributed by atoms with E-state index in [9.17, 15) is 13.2 Å². The van der Waals surface area contributed by atoms with Gasteiger partial charge >= 0.3 is 6.18 Å². The van der Waals surface area contributed by atoms with Gasteiger partial charge in [-0.05, 0) is 43.2 Å². The second-order valence-electron chi connectivity index (χ2n) is 7.72. The second kappa shape index (κ2) is 10.7. The van der Waals surface area contributed by atoms with Crippen LogP contribution < -0.4 is 5.32 Å². The van der Waals surface area contributed by atoms with Gasteiger partial charge in [0, 0.05) is 33.2 Å². The summed E-state index contributed by atoms with van der Waals surface area (Å²) in [5.41, 5.74) is 1.36. The predicted octanol–water partition coefficient (Wildman–Crippen LogP) is 3.63. The van der Waals surface area contributed by atoms with Crippen LogP contribution in [-0.2, 0) is 6.42 Å². The van der Waals surface area contributed by atoms with Gasteiger partial charge in [-0.15, -0.1) is 24.0 Å². The summed E-state index contributed by atoms with van der Waals surface area (Å²) in [4.78, 5) is 8.16. The lowest BCUT2D eigenvalue weighted by Gasteiger charge is -2.23. The van der Waals surface area contributed by atoms with E-state index in [-0.39, 0.29) is 29.9 Å². The van der Waals surface area contributed by atoms with Crippen molar-refractivity contribution in [1.29, 1.82) is 0 Å². The number of hydrogen-bond donors (Lipinski definition) is 1. The molecule has 0 amide bonds. The monoisotopic (exact) mass is 510 g/mol. The van der Waals surface area contributed by atoms with Crippen LogP contribution in [0, 0.1) is 11.8 Å². The molecular formula is C20H30F3IN4. The number of likely N-dealkylation sites (tertiary alicyclic amines) is 2. The van der Waals surface area contributed by atoms with Crippen LogP contribution in [0.2, 0.25) is 0 Å². The van der Waals surface area contributed by atoms with Crippen LogP contribution >= 0.6 is 24.0 Å². The van der Waals surface area contributed by atoms with E-state index in [0.29, 0.717) is 25.6 Å². The molecule has 2 unspecified atom stereocenters. The van der Waals surface area contributed by atoms with Crippen LogP contribution in [0.1, 0.15) is 18.4 Å². The highest BCUT2D eigenvalue weighted by atomic mass is 127. The number of alkyl halides is 3. The summed E-state index contributed by atoms with van der Waals surface area (Å²) in [6.07, 6.45) is -1.10. The molecule has 1 aromatic carbocycles. The summed E-state index contributed by atoms with van der Waals surface area (Å²) in [7, 11) is 1.78. The van der Waals surface area contributed by atoms with E-state index >= 15 is 0 Å². The summed E-state index contributed by atoms with van der Waals surface area (Å²) in [6.45, 7) is 2.85. The molecular weight excluding hydrogens is 480 g/mol. The summed E-state index contributed by atoms with van der Waals surface area (Å²) >= 11 is 0. The van der Waals surface area contributed by atoms with Crippen molar-refractivity contribution in [1.82, 2.24) is 15.1 Å². The summed E-state index contributed by atoms with van der Waals surface area (Å²) < 4.78 is 37.6. The van der Waals surface area contributed by atoms with Crippen molar-refractivity contribution >= 4 is 29.9 Å². The van der Waals surface area contributed by atoms with Gasteiger partial charge in [0.15, 0.2) is 5.96 Å². The first-order valence-corrected chi connectivity index (χ1v) is 9.71. The highest BCUT2D eigenvalue weighted by Gasteiger charge is 2.34. The zero-order chi connectivity index (χ0) is 19.3. The fourth-order valence-electron chi connectivity index (χ4n) is 4.18. The molecule has 2 heterocycles. The lowest BCUT2D eigenvalue weighted by molar-refractivity contribution is -0.143. The lowest BCUT2D eigenvalue weighted by atomic mass is 9.99. The standard InChI is InChI=1S/C20H29F3N4.HI/c1-24-19(25-12-18-7-9-26(13-18)15-20(21,22)23)27-10-8-17(14-27)11-16-5-3-2-4-6-16;/h2-6,17-18H,7-15H2,1H3,(H,24,25);1H. The number of hydrogen-bond acceptors (Lipinski definition) is 2. The third-order valence-corrected chi connectivity index (χ3v) is 5.49. The van der Waals surface area contributed by atoms with E-state index in [1.165, 1.54) is 10.5 Å². The molecule has 2 aliphatic heterocycles. The number of rotatable bonds is 5. The Labute approximate surface area is 182 Å². The number of nitrogens with zero attached hydrogens (tertiary/aromatic N) is 3. The predicted molar refractivity (Wildman–Crippen MR) is 117 cm³/mol. The molecule has 0 aliphatic carbocycles. The average Bonchev–Trinajstić information content (AvgIpc) is 3.25. The molecule has 2 saturated heterocycles. The zero-order valence-corrected chi connectivity index (χ0v) is 18.6. The molecule has 0 bridgehead atoms. The number of guanidine groups is 1. The minimum atomic E-state index is -4.11. The van der Waals surface area contributed by atoms with Crippen molar-refractivity contribution in [3.05, 3.63) is 35.9 Å². The Hall–Kier alpha value is -1.03. The molecule has 0 aromatic heterocycles. The number of nitrogens with one attached hydrogen (secondary N) is 1. The molecule has 2 fully saturated rings. The molecule has 3 rings (SSSR count). The molecule has 0 saturated carbocycles. The molecule has 0 radical (unpaired) electrons. The van der Waals surface area contributed by atoms with Gasteiger partial charge in [-0.1, -0.05) is 30.3 Å². The van der Waals surface area contributed by atoms with Crippen molar-refractivity contribution in [3.8, 4) is 0 Å².